The Morgan fingerprint density at radius 1 is 0.968 bits per heavy atom. The van der Waals surface area contributed by atoms with Gasteiger partial charge in [0, 0.05) is 24.4 Å². The number of benzene rings is 2. The summed E-state index contributed by atoms with van der Waals surface area (Å²) in [5.41, 5.74) is 7.92. The van der Waals surface area contributed by atoms with Crippen molar-refractivity contribution < 1.29 is 0 Å². The lowest BCUT2D eigenvalue weighted by atomic mass is 10.1. The summed E-state index contributed by atoms with van der Waals surface area (Å²) in [6.07, 6.45) is 3.48. The molecule has 4 rings (SSSR count). The Labute approximate surface area is 186 Å². The highest BCUT2D eigenvalue weighted by molar-refractivity contribution is 6.29. The van der Waals surface area contributed by atoms with Crippen LogP contribution in [0.5, 0.6) is 0 Å². The molecule has 7 heteroatoms. The molecule has 2 N–H and O–H groups in total. The number of aromatic nitrogens is 3. The lowest BCUT2D eigenvalue weighted by molar-refractivity contribution is 1.06. The van der Waals surface area contributed by atoms with Gasteiger partial charge < -0.3 is 5.32 Å². The first-order valence-corrected chi connectivity index (χ1v) is 10.2. The van der Waals surface area contributed by atoms with Gasteiger partial charge >= 0.3 is 0 Å². The van der Waals surface area contributed by atoms with E-state index in [0.717, 1.165) is 22.4 Å². The maximum Gasteiger partial charge on any atom is 0.246 e. The highest BCUT2D eigenvalue weighted by Gasteiger charge is 2.07. The summed E-state index contributed by atoms with van der Waals surface area (Å²) in [5.74, 6) is 1.08. The average molecular weight is 429 g/mol. The number of hydrazone groups is 1. The summed E-state index contributed by atoms with van der Waals surface area (Å²) in [5, 5.41) is 8.08. The normalized spacial score (nSPS) is 10.9. The van der Waals surface area contributed by atoms with Gasteiger partial charge in [-0.1, -0.05) is 77.8 Å². The number of anilines is 2. The first-order valence-electron chi connectivity index (χ1n) is 9.80. The van der Waals surface area contributed by atoms with Gasteiger partial charge in [0.25, 0.3) is 0 Å². The fourth-order valence-corrected chi connectivity index (χ4v) is 2.98. The molecule has 0 saturated heterocycles. The Kier molecular flexibility index (Phi) is 6.50. The maximum atomic E-state index is 5.86. The van der Waals surface area contributed by atoms with Crippen LogP contribution in [0.4, 0.5) is 11.8 Å². The lowest BCUT2D eigenvalue weighted by Crippen LogP contribution is -2.06. The van der Waals surface area contributed by atoms with Crippen LogP contribution in [0.2, 0.25) is 5.15 Å². The third kappa shape index (κ3) is 5.87. The molecule has 2 heterocycles. The molecule has 0 spiro atoms. The highest BCUT2D eigenvalue weighted by atomic mass is 35.5. The molecule has 0 amide bonds. The molecule has 0 fully saturated rings. The van der Waals surface area contributed by atoms with Crippen LogP contribution < -0.4 is 10.7 Å². The van der Waals surface area contributed by atoms with Gasteiger partial charge in [-0.25, -0.2) is 15.4 Å². The summed E-state index contributed by atoms with van der Waals surface area (Å²) in [7, 11) is 0. The zero-order valence-electron chi connectivity index (χ0n) is 17.0. The Balaban J connectivity index is 1.55. The van der Waals surface area contributed by atoms with Crippen molar-refractivity contribution in [2.45, 2.75) is 13.5 Å². The van der Waals surface area contributed by atoms with E-state index in [4.69, 9.17) is 11.6 Å². The quantitative estimate of drug-likeness (QED) is 0.229. The van der Waals surface area contributed by atoms with Crippen LogP contribution in [0.3, 0.4) is 0 Å². The van der Waals surface area contributed by atoms with Gasteiger partial charge in [-0.05, 0) is 24.1 Å². The summed E-state index contributed by atoms with van der Waals surface area (Å²) >= 11 is 5.86. The molecule has 0 aliphatic heterocycles. The minimum absolute atomic E-state index is 0.404. The third-order valence-electron chi connectivity index (χ3n) is 4.51. The largest absolute Gasteiger partial charge is 0.366 e. The molecular formula is C24H21ClN6. The van der Waals surface area contributed by atoms with E-state index in [1.807, 2.05) is 66.7 Å². The molecule has 2 aromatic heterocycles. The second-order valence-electron chi connectivity index (χ2n) is 6.95. The minimum Gasteiger partial charge on any atom is -0.366 e. The molecule has 0 atom stereocenters. The van der Waals surface area contributed by atoms with E-state index >= 15 is 0 Å². The average Bonchev–Trinajstić information content (AvgIpc) is 2.80. The van der Waals surface area contributed by atoms with Crippen LogP contribution in [0, 0.1) is 6.92 Å². The summed E-state index contributed by atoms with van der Waals surface area (Å²) in [6.45, 7) is 2.61. The second-order valence-corrected chi connectivity index (χ2v) is 7.34. The van der Waals surface area contributed by atoms with Crippen molar-refractivity contribution in [2.24, 2.45) is 5.10 Å². The lowest BCUT2D eigenvalue weighted by Gasteiger charge is -2.10. The zero-order valence-corrected chi connectivity index (χ0v) is 17.7. The molecule has 0 radical (unpaired) electrons. The maximum absolute atomic E-state index is 5.86. The standard InChI is InChI=1S/C24H21ClN6/c1-17-7-9-18(10-8-17)16-28-31-24-29-21(20-5-3-2-4-6-20)13-23(30-24)27-15-19-11-12-22(25)26-14-19/h2-14,16H,15H2,1H3,(H2,27,29,30,31)/b28-16+. The third-order valence-corrected chi connectivity index (χ3v) is 4.74. The molecule has 4 aromatic rings. The predicted octanol–water partition coefficient (Wildman–Crippen LogP) is 5.56. The smallest absolute Gasteiger partial charge is 0.246 e. The Morgan fingerprint density at radius 3 is 2.52 bits per heavy atom. The van der Waals surface area contributed by atoms with E-state index in [1.54, 1.807) is 18.5 Å². The van der Waals surface area contributed by atoms with Crippen LogP contribution in [0.1, 0.15) is 16.7 Å². The fourth-order valence-electron chi connectivity index (χ4n) is 2.87. The van der Waals surface area contributed by atoms with Crippen molar-refractivity contribution in [3.05, 3.63) is 101 Å². The molecule has 0 saturated carbocycles. The van der Waals surface area contributed by atoms with Crippen molar-refractivity contribution in [3.8, 4) is 11.3 Å². The first-order chi connectivity index (χ1) is 15.2. The van der Waals surface area contributed by atoms with Crippen LogP contribution >= 0.6 is 11.6 Å². The van der Waals surface area contributed by atoms with E-state index < -0.39 is 0 Å². The van der Waals surface area contributed by atoms with Crippen molar-refractivity contribution in [2.75, 3.05) is 10.7 Å². The van der Waals surface area contributed by atoms with Crippen LogP contribution in [0.25, 0.3) is 11.3 Å². The molecule has 0 aliphatic rings. The molecule has 154 valence electrons. The van der Waals surface area contributed by atoms with Crippen LogP contribution in [-0.2, 0) is 6.54 Å². The predicted molar refractivity (Wildman–Crippen MR) is 126 cm³/mol. The summed E-state index contributed by atoms with van der Waals surface area (Å²) in [6, 6.07) is 23.7. The Bertz CT molecular complexity index is 1160. The zero-order chi connectivity index (χ0) is 21.5. The first kappa shape index (κ1) is 20.5. The number of halogens is 1. The molecule has 31 heavy (non-hydrogen) atoms. The molecule has 6 nitrogen and oxygen atoms in total. The van der Waals surface area contributed by atoms with Crippen molar-refractivity contribution >= 4 is 29.6 Å². The fraction of sp³-hybridized carbons (Fsp3) is 0.0833. The number of nitrogens with one attached hydrogen (secondary N) is 2. The van der Waals surface area contributed by atoms with Crippen LogP contribution in [0.15, 0.2) is 84.1 Å². The Morgan fingerprint density at radius 2 is 1.77 bits per heavy atom. The SMILES string of the molecule is Cc1ccc(/C=N/Nc2nc(NCc3ccc(Cl)nc3)cc(-c3ccccc3)n2)cc1. The number of rotatable bonds is 7. The van der Waals surface area contributed by atoms with Crippen LogP contribution in [-0.4, -0.2) is 21.2 Å². The topological polar surface area (TPSA) is 75.1 Å². The summed E-state index contributed by atoms with van der Waals surface area (Å²) < 4.78 is 0. The van der Waals surface area contributed by atoms with Gasteiger partial charge in [0.1, 0.15) is 11.0 Å². The van der Waals surface area contributed by atoms with Crippen molar-refractivity contribution in [1.82, 2.24) is 15.0 Å². The highest BCUT2D eigenvalue weighted by Crippen LogP contribution is 2.22. The van der Waals surface area contributed by atoms with Gasteiger partial charge in [-0.2, -0.15) is 10.1 Å². The van der Waals surface area contributed by atoms with E-state index in [0.29, 0.717) is 23.5 Å². The van der Waals surface area contributed by atoms with E-state index in [9.17, 15) is 0 Å². The van der Waals surface area contributed by atoms with Gasteiger partial charge in [0.05, 0.1) is 11.9 Å². The number of hydrogen-bond donors (Lipinski definition) is 2. The molecule has 0 unspecified atom stereocenters. The Hall–Kier alpha value is -3.77. The monoisotopic (exact) mass is 428 g/mol. The van der Waals surface area contributed by atoms with Gasteiger partial charge in [0.2, 0.25) is 5.95 Å². The number of nitrogens with zero attached hydrogens (tertiary/aromatic N) is 4. The molecular weight excluding hydrogens is 408 g/mol. The molecule has 2 aromatic carbocycles. The van der Waals surface area contributed by atoms with Gasteiger partial charge in [-0.15, -0.1) is 0 Å². The number of aryl methyl sites for hydroxylation is 1. The minimum atomic E-state index is 0.404. The number of pyridine rings is 1. The number of hydrogen-bond acceptors (Lipinski definition) is 6. The van der Waals surface area contributed by atoms with E-state index in [1.165, 1.54) is 5.56 Å². The van der Waals surface area contributed by atoms with E-state index in [-0.39, 0.29) is 0 Å². The van der Waals surface area contributed by atoms with E-state index in [2.05, 4.69) is 37.7 Å². The summed E-state index contributed by atoms with van der Waals surface area (Å²) in [4.78, 5) is 13.3. The van der Waals surface area contributed by atoms with Crippen molar-refractivity contribution in [1.29, 1.82) is 0 Å². The van der Waals surface area contributed by atoms with Gasteiger partial charge in [-0.3, -0.25) is 0 Å². The molecule has 0 bridgehead atoms. The van der Waals surface area contributed by atoms with Crippen molar-refractivity contribution in [3.63, 3.8) is 0 Å². The van der Waals surface area contributed by atoms with Gasteiger partial charge in [0.15, 0.2) is 0 Å². The second kappa shape index (κ2) is 9.82. The molecule has 0 aliphatic carbocycles.